The Balaban J connectivity index is 3.89. The van der Waals surface area contributed by atoms with Gasteiger partial charge in [-0.2, -0.15) is 5.26 Å². The summed E-state index contributed by atoms with van der Waals surface area (Å²) in [7, 11) is 0. The van der Waals surface area contributed by atoms with Crippen molar-refractivity contribution in [2.75, 3.05) is 13.2 Å². The number of unbranched alkanes of at least 4 members (excludes halogenated alkanes) is 1. The normalized spacial score (nSPS) is 12.6. The smallest absolute Gasteiger partial charge is 0.408 e. The maximum atomic E-state index is 11.4. The molecule has 0 saturated heterocycles. The Kier molecular flexibility index (Phi) is 7.31. The Morgan fingerprint density at radius 2 is 2.12 bits per heavy atom. The van der Waals surface area contributed by atoms with Gasteiger partial charge in [-0.1, -0.05) is 13.3 Å². The maximum absolute atomic E-state index is 11.4. The minimum Gasteiger partial charge on any atom is -0.444 e. The fraction of sp³-hybridized carbons (Fsp3) is 0.833. The number of carbonyl (C=O) groups excluding carboxylic acids is 1. The first-order chi connectivity index (χ1) is 7.89. The van der Waals surface area contributed by atoms with Crippen molar-refractivity contribution in [3.63, 3.8) is 0 Å². The second kappa shape index (κ2) is 7.91. The van der Waals surface area contributed by atoms with E-state index < -0.39 is 17.7 Å². The molecule has 0 aromatic heterocycles. The van der Waals surface area contributed by atoms with Crippen molar-refractivity contribution in [1.82, 2.24) is 5.32 Å². The third-order valence-electron chi connectivity index (χ3n) is 1.77. The van der Waals surface area contributed by atoms with Gasteiger partial charge in [0.2, 0.25) is 0 Å². The van der Waals surface area contributed by atoms with Crippen LogP contribution in [0.5, 0.6) is 0 Å². The molecule has 0 aliphatic carbocycles. The monoisotopic (exact) mass is 242 g/mol. The lowest BCUT2D eigenvalue weighted by Gasteiger charge is -2.21. The number of nitrogens with one attached hydrogen (secondary N) is 1. The number of hydrogen-bond donors (Lipinski definition) is 1. The molecule has 17 heavy (non-hydrogen) atoms. The van der Waals surface area contributed by atoms with Crippen molar-refractivity contribution < 1.29 is 14.3 Å². The van der Waals surface area contributed by atoms with Gasteiger partial charge in [0.25, 0.3) is 0 Å². The summed E-state index contributed by atoms with van der Waals surface area (Å²) in [5, 5.41) is 11.3. The van der Waals surface area contributed by atoms with Crippen molar-refractivity contribution in [3.05, 3.63) is 0 Å². The molecule has 1 atom stereocenters. The van der Waals surface area contributed by atoms with Crippen LogP contribution in [-0.4, -0.2) is 30.9 Å². The molecule has 0 aliphatic heterocycles. The van der Waals surface area contributed by atoms with E-state index in [0.717, 1.165) is 12.8 Å². The number of amides is 1. The van der Waals surface area contributed by atoms with Gasteiger partial charge in [0.15, 0.2) is 0 Å². The van der Waals surface area contributed by atoms with E-state index in [1.54, 1.807) is 20.8 Å². The predicted molar refractivity (Wildman–Crippen MR) is 64.5 cm³/mol. The van der Waals surface area contributed by atoms with Crippen LogP contribution in [-0.2, 0) is 9.47 Å². The molecule has 98 valence electrons. The van der Waals surface area contributed by atoms with E-state index in [1.807, 2.05) is 6.07 Å². The molecule has 0 aromatic carbocycles. The Morgan fingerprint density at radius 1 is 1.47 bits per heavy atom. The average Bonchev–Trinajstić information content (AvgIpc) is 2.20. The minimum absolute atomic E-state index is 0.190. The fourth-order valence-electron chi connectivity index (χ4n) is 1.01. The third-order valence-corrected chi connectivity index (χ3v) is 1.77. The van der Waals surface area contributed by atoms with Crippen LogP contribution >= 0.6 is 0 Å². The molecule has 1 N–H and O–H groups in total. The second-order valence-corrected chi connectivity index (χ2v) is 4.76. The van der Waals surface area contributed by atoms with Crippen LogP contribution in [0.4, 0.5) is 4.79 Å². The van der Waals surface area contributed by atoms with E-state index in [2.05, 4.69) is 12.2 Å². The van der Waals surface area contributed by atoms with Gasteiger partial charge in [-0.25, -0.2) is 4.79 Å². The highest BCUT2D eigenvalue weighted by Crippen LogP contribution is 2.06. The summed E-state index contributed by atoms with van der Waals surface area (Å²) in [4.78, 5) is 11.4. The number of nitriles is 1. The van der Waals surface area contributed by atoms with Crippen LogP contribution in [0.1, 0.15) is 40.5 Å². The quantitative estimate of drug-likeness (QED) is 0.725. The SMILES string of the molecule is CCCCOCC(C#N)NC(=O)OC(C)(C)C. The Morgan fingerprint density at radius 3 is 2.59 bits per heavy atom. The maximum Gasteiger partial charge on any atom is 0.408 e. The highest BCUT2D eigenvalue weighted by Gasteiger charge is 2.19. The van der Waals surface area contributed by atoms with Gasteiger partial charge in [0, 0.05) is 6.61 Å². The molecule has 0 aliphatic rings. The van der Waals surface area contributed by atoms with Gasteiger partial charge in [-0.15, -0.1) is 0 Å². The van der Waals surface area contributed by atoms with E-state index in [1.165, 1.54) is 0 Å². The number of nitrogens with zero attached hydrogens (tertiary/aromatic N) is 1. The standard InChI is InChI=1S/C12H22N2O3/c1-5-6-7-16-9-10(8-13)14-11(15)17-12(2,3)4/h10H,5-7,9H2,1-4H3,(H,14,15). The number of ether oxygens (including phenoxy) is 2. The Bertz CT molecular complexity index is 266. The molecule has 1 amide bonds. The lowest BCUT2D eigenvalue weighted by molar-refractivity contribution is 0.0470. The summed E-state index contributed by atoms with van der Waals surface area (Å²) in [6.07, 6.45) is 1.39. The summed E-state index contributed by atoms with van der Waals surface area (Å²) in [5.74, 6) is 0. The van der Waals surface area contributed by atoms with Gasteiger partial charge >= 0.3 is 6.09 Å². The van der Waals surface area contributed by atoms with Crippen LogP contribution in [0.15, 0.2) is 0 Å². The molecule has 0 saturated carbocycles. The van der Waals surface area contributed by atoms with Crippen LogP contribution in [0.25, 0.3) is 0 Å². The predicted octanol–water partition coefficient (Wildman–Crippen LogP) is 2.22. The number of rotatable bonds is 6. The largest absolute Gasteiger partial charge is 0.444 e. The van der Waals surface area contributed by atoms with Crippen molar-refractivity contribution in [2.24, 2.45) is 0 Å². The molecule has 0 aromatic rings. The second-order valence-electron chi connectivity index (χ2n) is 4.76. The van der Waals surface area contributed by atoms with Gasteiger partial charge in [0.05, 0.1) is 12.7 Å². The summed E-state index contributed by atoms with van der Waals surface area (Å²) in [6.45, 7) is 8.16. The highest BCUT2D eigenvalue weighted by atomic mass is 16.6. The van der Waals surface area contributed by atoms with Crippen molar-refractivity contribution in [3.8, 4) is 6.07 Å². The zero-order chi connectivity index (χ0) is 13.3. The molecule has 1 unspecified atom stereocenters. The topological polar surface area (TPSA) is 71.3 Å². The van der Waals surface area contributed by atoms with Crippen LogP contribution < -0.4 is 5.32 Å². The Hall–Kier alpha value is -1.28. The summed E-state index contributed by atoms with van der Waals surface area (Å²) < 4.78 is 10.3. The Labute approximate surface area is 103 Å². The van der Waals surface area contributed by atoms with Gasteiger partial charge in [0.1, 0.15) is 11.6 Å². The number of hydrogen-bond acceptors (Lipinski definition) is 4. The van der Waals surface area contributed by atoms with E-state index in [-0.39, 0.29) is 6.61 Å². The van der Waals surface area contributed by atoms with E-state index in [0.29, 0.717) is 6.61 Å². The third kappa shape index (κ3) is 9.64. The first-order valence-corrected chi connectivity index (χ1v) is 5.86. The van der Waals surface area contributed by atoms with E-state index in [9.17, 15) is 4.79 Å². The zero-order valence-corrected chi connectivity index (χ0v) is 11.1. The van der Waals surface area contributed by atoms with Gasteiger partial charge < -0.3 is 14.8 Å². The number of carbonyl (C=O) groups is 1. The molecule has 0 spiro atoms. The van der Waals surface area contributed by atoms with Crippen molar-refractivity contribution >= 4 is 6.09 Å². The molecule has 0 rings (SSSR count). The molecule has 0 fully saturated rings. The lowest BCUT2D eigenvalue weighted by atomic mass is 10.2. The molecule has 5 heteroatoms. The van der Waals surface area contributed by atoms with E-state index in [4.69, 9.17) is 14.7 Å². The van der Waals surface area contributed by atoms with Crippen molar-refractivity contribution in [2.45, 2.75) is 52.2 Å². The summed E-state index contributed by atoms with van der Waals surface area (Å²) in [6, 6.07) is 1.29. The summed E-state index contributed by atoms with van der Waals surface area (Å²) >= 11 is 0. The average molecular weight is 242 g/mol. The first kappa shape index (κ1) is 15.7. The highest BCUT2D eigenvalue weighted by molar-refractivity contribution is 5.68. The molecule has 0 bridgehead atoms. The van der Waals surface area contributed by atoms with Crippen molar-refractivity contribution in [1.29, 1.82) is 5.26 Å². The van der Waals surface area contributed by atoms with Gasteiger partial charge in [-0.3, -0.25) is 0 Å². The molecular weight excluding hydrogens is 220 g/mol. The van der Waals surface area contributed by atoms with E-state index >= 15 is 0 Å². The van der Waals surface area contributed by atoms with Crippen LogP contribution in [0, 0.1) is 11.3 Å². The zero-order valence-electron chi connectivity index (χ0n) is 11.1. The number of alkyl carbamates (subject to hydrolysis) is 1. The molecule has 5 nitrogen and oxygen atoms in total. The lowest BCUT2D eigenvalue weighted by Crippen LogP contribution is -2.40. The van der Waals surface area contributed by atoms with Gasteiger partial charge in [-0.05, 0) is 27.2 Å². The molecule has 0 radical (unpaired) electrons. The van der Waals surface area contributed by atoms with Crippen LogP contribution in [0.3, 0.4) is 0 Å². The molecular formula is C12H22N2O3. The molecule has 0 heterocycles. The minimum atomic E-state index is -0.665. The fourth-order valence-corrected chi connectivity index (χ4v) is 1.01. The summed E-state index contributed by atoms with van der Waals surface area (Å²) in [5.41, 5.74) is -0.562. The first-order valence-electron chi connectivity index (χ1n) is 5.86. The van der Waals surface area contributed by atoms with Crippen LogP contribution in [0.2, 0.25) is 0 Å².